The predicted molar refractivity (Wildman–Crippen MR) is 94.1 cm³/mol. The van der Waals surface area contributed by atoms with Crippen LogP contribution >= 0.6 is 0 Å². The van der Waals surface area contributed by atoms with Gasteiger partial charge in [0.1, 0.15) is 5.82 Å². The highest BCUT2D eigenvalue weighted by molar-refractivity contribution is 6.15. The van der Waals surface area contributed by atoms with E-state index in [4.69, 9.17) is 9.47 Å². The molecule has 2 aliphatic rings. The van der Waals surface area contributed by atoms with Gasteiger partial charge in [0.15, 0.2) is 5.57 Å². The third-order valence-electron chi connectivity index (χ3n) is 4.31. The van der Waals surface area contributed by atoms with E-state index in [-0.39, 0.29) is 11.3 Å². The molecule has 7 nitrogen and oxygen atoms in total. The van der Waals surface area contributed by atoms with Gasteiger partial charge in [0.2, 0.25) is 0 Å². The molecule has 140 valence electrons. The van der Waals surface area contributed by atoms with Crippen molar-refractivity contribution in [1.29, 1.82) is 0 Å². The number of halogens is 1. The summed E-state index contributed by atoms with van der Waals surface area (Å²) in [4.78, 5) is 28.3. The maximum absolute atomic E-state index is 14.4. The highest BCUT2D eigenvalue weighted by atomic mass is 19.1. The Balaban J connectivity index is 1.84. The Kier molecular flexibility index (Phi) is 4.86. The molecule has 2 heterocycles. The van der Waals surface area contributed by atoms with Crippen molar-refractivity contribution < 1.29 is 23.5 Å². The normalized spacial score (nSPS) is 20.5. The molecular formula is C18H22FN3O4. The SMILES string of the molecule is CN1CCN(c2cccc(F)c2NC=C2C(=O)OC(C)(C)OC2=O)CC1. The van der Waals surface area contributed by atoms with Gasteiger partial charge in [-0.3, -0.25) is 0 Å². The zero-order chi connectivity index (χ0) is 18.9. The second-order valence-corrected chi connectivity index (χ2v) is 6.81. The number of nitrogens with one attached hydrogen (secondary N) is 1. The Morgan fingerprint density at radius 1 is 1.12 bits per heavy atom. The van der Waals surface area contributed by atoms with Gasteiger partial charge in [-0.05, 0) is 19.2 Å². The lowest BCUT2D eigenvalue weighted by Gasteiger charge is -2.35. The zero-order valence-electron chi connectivity index (χ0n) is 15.0. The molecule has 2 fully saturated rings. The number of rotatable bonds is 3. The summed E-state index contributed by atoms with van der Waals surface area (Å²) in [6, 6.07) is 4.75. The molecule has 1 aromatic rings. The molecule has 1 aromatic carbocycles. The maximum atomic E-state index is 14.4. The van der Waals surface area contributed by atoms with E-state index in [1.54, 1.807) is 12.1 Å². The summed E-state index contributed by atoms with van der Waals surface area (Å²) in [6.45, 7) is 6.17. The molecule has 0 aromatic heterocycles. The van der Waals surface area contributed by atoms with Gasteiger partial charge in [0.25, 0.3) is 5.79 Å². The molecule has 0 radical (unpaired) electrons. The highest BCUT2D eigenvalue weighted by Crippen LogP contribution is 2.30. The fourth-order valence-electron chi connectivity index (χ4n) is 2.89. The van der Waals surface area contributed by atoms with E-state index in [2.05, 4.69) is 15.1 Å². The minimum atomic E-state index is -1.31. The Labute approximate surface area is 151 Å². The van der Waals surface area contributed by atoms with Crippen molar-refractivity contribution in [3.05, 3.63) is 35.8 Å². The van der Waals surface area contributed by atoms with Crippen molar-refractivity contribution in [2.45, 2.75) is 19.6 Å². The van der Waals surface area contributed by atoms with Crippen LogP contribution in [0.5, 0.6) is 0 Å². The van der Waals surface area contributed by atoms with Crippen molar-refractivity contribution in [2.24, 2.45) is 0 Å². The number of anilines is 2. The second-order valence-electron chi connectivity index (χ2n) is 6.81. The van der Waals surface area contributed by atoms with Crippen LogP contribution in [0.4, 0.5) is 15.8 Å². The molecule has 26 heavy (non-hydrogen) atoms. The number of hydrogen-bond acceptors (Lipinski definition) is 7. The average molecular weight is 363 g/mol. The Morgan fingerprint density at radius 2 is 1.73 bits per heavy atom. The van der Waals surface area contributed by atoms with Crippen LogP contribution in [0.3, 0.4) is 0 Å². The van der Waals surface area contributed by atoms with E-state index in [1.165, 1.54) is 19.9 Å². The largest absolute Gasteiger partial charge is 0.419 e. The monoisotopic (exact) mass is 363 g/mol. The smallest absolute Gasteiger partial charge is 0.350 e. The molecule has 0 aliphatic carbocycles. The van der Waals surface area contributed by atoms with E-state index in [0.29, 0.717) is 5.69 Å². The lowest BCUT2D eigenvalue weighted by atomic mass is 10.2. The molecule has 2 saturated heterocycles. The van der Waals surface area contributed by atoms with Gasteiger partial charge in [0.05, 0.1) is 11.4 Å². The Hall–Kier alpha value is -2.61. The van der Waals surface area contributed by atoms with Crippen LogP contribution in [0.15, 0.2) is 30.0 Å². The summed E-state index contributed by atoms with van der Waals surface area (Å²) >= 11 is 0. The van der Waals surface area contributed by atoms with Gasteiger partial charge < -0.3 is 24.6 Å². The molecule has 0 bridgehead atoms. The molecule has 0 spiro atoms. The van der Waals surface area contributed by atoms with Gasteiger partial charge in [0, 0.05) is 46.2 Å². The first-order valence-electron chi connectivity index (χ1n) is 8.42. The number of hydrogen-bond donors (Lipinski definition) is 1. The molecule has 2 aliphatic heterocycles. The number of nitrogens with zero attached hydrogens (tertiary/aromatic N) is 2. The number of benzene rings is 1. The number of ether oxygens (including phenoxy) is 2. The average Bonchev–Trinajstić information content (AvgIpc) is 2.55. The molecule has 0 unspecified atom stereocenters. The Morgan fingerprint density at radius 3 is 2.35 bits per heavy atom. The number of para-hydroxylation sites is 1. The van der Waals surface area contributed by atoms with Crippen molar-refractivity contribution in [3.63, 3.8) is 0 Å². The lowest BCUT2D eigenvalue weighted by molar-refractivity contribution is -0.222. The van der Waals surface area contributed by atoms with Crippen LogP contribution < -0.4 is 10.2 Å². The Bertz CT molecular complexity index is 733. The summed E-state index contributed by atoms with van der Waals surface area (Å²) < 4.78 is 24.5. The van der Waals surface area contributed by atoms with Gasteiger partial charge in [-0.2, -0.15) is 0 Å². The fourth-order valence-corrected chi connectivity index (χ4v) is 2.89. The quantitative estimate of drug-likeness (QED) is 0.498. The van der Waals surface area contributed by atoms with E-state index in [0.717, 1.165) is 32.4 Å². The van der Waals surface area contributed by atoms with Gasteiger partial charge in [-0.1, -0.05) is 6.07 Å². The lowest BCUT2D eigenvalue weighted by Crippen LogP contribution is -2.44. The molecule has 0 atom stereocenters. The zero-order valence-corrected chi connectivity index (χ0v) is 15.0. The minimum absolute atomic E-state index is 0.204. The van der Waals surface area contributed by atoms with Crippen LogP contribution in [0, 0.1) is 5.82 Å². The molecule has 1 N–H and O–H groups in total. The molecular weight excluding hydrogens is 341 g/mol. The number of esters is 2. The molecule has 0 amide bonds. The van der Waals surface area contributed by atoms with Crippen molar-refractivity contribution in [3.8, 4) is 0 Å². The fraction of sp³-hybridized carbons (Fsp3) is 0.444. The number of likely N-dealkylation sites (N-methyl/N-ethyl adjacent to an activating group) is 1. The standard InChI is InChI=1S/C18H22FN3O4/c1-18(2)25-16(23)12(17(24)26-18)11-20-15-13(19)5-4-6-14(15)22-9-7-21(3)8-10-22/h4-6,11,20H,7-10H2,1-3H3. The summed E-state index contributed by atoms with van der Waals surface area (Å²) in [6.07, 6.45) is 1.14. The predicted octanol–water partition coefficient (Wildman–Crippen LogP) is 1.71. The summed E-state index contributed by atoms with van der Waals surface area (Å²) in [5.41, 5.74) is 0.569. The van der Waals surface area contributed by atoms with Crippen LogP contribution in [0.1, 0.15) is 13.8 Å². The topological polar surface area (TPSA) is 71.1 Å². The number of piperazine rings is 1. The summed E-state index contributed by atoms with van der Waals surface area (Å²) in [7, 11) is 2.04. The number of cyclic esters (lactones) is 2. The van der Waals surface area contributed by atoms with Gasteiger partial charge in [-0.25, -0.2) is 14.0 Å². The number of carbonyl (C=O) groups excluding carboxylic acids is 2. The summed E-state index contributed by atoms with van der Waals surface area (Å²) in [5, 5.41) is 2.75. The van der Waals surface area contributed by atoms with Crippen LogP contribution in [0.2, 0.25) is 0 Å². The first-order chi connectivity index (χ1) is 12.3. The molecule has 8 heteroatoms. The second kappa shape index (κ2) is 6.95. The van der Waals surface area contributed by atoms with Crippen LogP contribution in [-0.2, 0) is 19.1 Å². The third-order valence-corrected chi connectivity index (χ3v) is 4.31. The van der Waals surface area contributed by atoms with Crippen LogP contribution in [-0.4, -0.2) is 55.9 Å². The van der Waals surface area contributed by atoms with Gasteiger partial charge >= 0.3 is 11.9 Å². The number of carbonyl (C=O) groups is 2. The van der Waals surface area contributed by atoms with Crippen molar-refractivity contribution in [1.82, 2.24) is 4.90 Å². The summed E-state index contributed by atoms with van der Waals surface area (Å²) in [5.74, 6) is -3.40. The minimum Gasteiger partial charge on any atom is -0.419 e. The van der Waals surface area contributed by atoms with Crippen LogP contribution in [0.25, 0.3) is 0 Å². The first kappa shape index (κ1) is 18.2. The van der Waals surface area contributed by atoms with Gasteiger partial charge in [-0.15, -0.1) is 0 Å². The first-order valence-corrected chi connectivity index (χ1v) is 8.42. The molecule has 0 saturated carbocycles. The van der Waals surface area contributed by atoms with E-state index in [9.17, 15) is 14.0 Å². The molecule has 3 rings (SSSR count). The van der Waals surface area contributed by atoms with Crippen molar-refractivity contribution >= 4 is 23.3 Å². The van der Waals surface area contributed by atoms with Crippen molar-refractivity contribution in [2.75, 3.05) is 43.4 Å². The third kappa shape index (κ3) is 3.80. The highest BCUT2D eigenvalue weighted by Gasteiger charge is 2.39. The van der Waals surface area contributed by atoms with E-state index < -0.39 is 23.5 Å². The van der Waals surface area contributed by atoms with E-state index >= 15 is 0 Å². The maximum Gasteiger partial charge on any atom is 0.350 e. The van der Waals surface area contributed by atoms with E-state index in [1.807, 2.05) is 7.05 Å².